The van der Waals surface area contributed by atoms with Crippen molar-refractivity contribution in [2.24, 2.45) is 11.3 Å². The average molecular weight is 356 g/mol. The van der Waals surface area contributed by atoms with E-state index in [0.717, 1.165) is 24.3 Å². The number of hydrogen-bond acceptors (Lipinski definition) is 6. The van der Waals surface area contributed by atoms with Gasteiger partial charge in [-0.05, 0) is 29.0 Å². The van der Waals surface area contributed by atoms with Crippen LogP contribution in [-0.2, 0) is 11.2 Å². The summed E-state index contributed by atoms with van der Waals surface area (Å²) in [5.74, 6) is -1.49. The van der Waals surface area contributed by atoms with E-state index in [1.807, 2.05) is 39.1 Å². The summed E-state index contributed by atoms with van der Waals surface area (Å²) in [6.45, 7) is 7.44. The van der Waals surface area contributed by atoms with Gasteiger partial charge in [0.1, 0.15) is 0 Å². The molecule has 1 aliphatic rings. The number of aliphatic carboxylic acids is 1. The fraction of sp³-hybridized carbons (Fsp3) is 0.500. The molecule has 26 heavy (non-hydrogen) atoms. The first-order valence-corrected chi connectivity index (χ1v) is 8.67. The molecule has 0 aromatic carbocycles. The average Bonchev–Trinajstić information content (AvgIpc) is 3.27. The SMILES string of the molecule is CC(C)(C)C(C(=O)O)C(Cc1ccc(C2=CCNC2)nc1)c1nn[nH]n1. The lowest BCUT2D eigenvalue weighted by Crippen LogP contribution is -2.35. The molecule has 0 spiro atoms. The van der Waals surface area contributed by atoms with E-state index in [1.54, 1.807) is 0 Å². The molecule has 0 aliphatic carbocycles. The van der Waals surface area contributed by atoms with Crippen LogP contribution >= 0.6 is 0 Å². The quantitative estimate of drug-likeness (QED) is 0.720. The van der Waals surface area contributed by atoms with E-state index < -0.39 is 23.2 Å². The van der Waals surface area contributed by atoms with Crippen molar-refractivity contribution in [3.8, 4) is 0 Å². The number of aromatic nitrogens is 5. The van der Waals surface area contributed by atoms with Crippen molar-refractivity contribution in [1.82, 2.24) is 30.9 Å². The molecule has 3 N–H and O–H groups in total. The lowest BCUT2D eigenvalue weighted by atomic mass is 9.71. The molecule has 0 bridgehead atoms. The molecule has 138 valence electrons. The molecule has 1 aliphatic heterocycles. The third kappa shape index (κ3) is 3.96. The number of hydrogen-bond donors (Lipinski definition) is 3. The minimum Gasteiger partial charge on any atom is -0.481 e. The molecule has 0 amide bonds. The predicted octanol–water partition coefficient (Wildman–Crippen LogP) is 1.65. The Morgan fingerprint density at radius 3 is 2.65 bits per heavy atom. The summed E-state index contributed by atoms with van der Waals surface area (Å²) in [6.07, 6.45) is 4.42. The van der Waals surface area contributed by atoms with Gasteiger partial charge in [0.15, 0.2) is 5.82 Å². The second kappa shape index (κ2) is 7.33. The van der Waals surface area contributed by atoms with E-state index in [-0.39, 0.29) is 0 Å². The predicted molar refractivity (Wildman–Crippen MR) is 96.3 cm³/mol. The largest absolute Gasteiger partial charge is 0.481 e. The van der Waals surface area contributed by atoms with Crippen molar-refractivity contribution in [3.05, 3.63) is 41.5 Å². The van der Waals surface area contributed by atoms with Crippen molar-refractivity contribution in [1.29, 1.82) is 0 Å². The second-order valence-electron chi connectivity index (χ2n) is 7.67. The molecule has 8 heteroatoms. The summed E-state index contributed by atoms with van der Waals surface area (Å²) < 4.78 is 0. The Labute approximate surface area is 152 Å². The van der Waals surface area contributed by atoms with E-state index in [1.165, 1.54) is 5.57 Å². The molecule has 2 aromatic heterocycles. The lowest BCUT2D eigenvalue weighted by Gasteiger charge is -2.32. The lowest BCUT2D eigenvalue weighted by molar-refractivity contribution is -0.146. The highest BCUT2D eigenvalue weighted by molar-refractivity contribution is 5.72. The molecule has 2 unspecified atom stereocenters. The minimum atomic E-state index is -0.862. The first kappa shape index (κ1) is 18.2. The second-order valence-corrected chi connectivity index (χ2v) is 7.67. The van der Waals surface area contributed by atoms with E-state index in [2.05, 4.69) is 37.0 Å². The zero-order valence-corrected chi connectivity index (χ0v) is 15.2. The van der Waals surface area contributed by atoms with Crippen LogP contribution in [-0.4, -0.2) is 49.8 Å². The minimum absolute atomic E-state index is 0.397. The third-order valence-corrected chi connectivity index (χ3v) is 4.71. The summed E-state index contributed by atoms with van der Waals surface area (Å²) >= 11 is 0. The van der Waals surface area contributed by atoms with Gasteiger partial charge >= 0.3 is 5.97 Å². The van der Waals surface area contributed by atoms with Crippen molar-refractivity contribution < 1.29 is 9.90 Å². The van der Waals surface area contributed by atoms with E-state index in [0.29, 0.717) is 12.2 Å². The number of carboxylic acid groups (broad SMARTS) is 1. The molecular formula is C18H24N6O2. The number of carboxylic acids is 1. The van der Waals surface area contributed by atoms with Gasteiger partial charge in [-0.25, -0.2) is 0 Å². The highest BCUT2D eigenvalue weighted by atomic mass is 16.4. The van der Waals surface area contributed by atoms with Crippen LogP contribution in [0.3, 0.4) is 0 Å². The van der Waals surface area contributed by atoms with Gasteiger partial charge in [0.05, 0.1) is 11.6 Å². The number of rotatable bonds is 6. The summed E-state index contributed by atoms with van der Waals surface area (Å²) in [5, 5.41) is 27.3. The third-order valence-electron chi connectivity index (χ3n) is 4.71. The zero-order chi connectivity index (χ0) is 18.7. The molecule has 2 aromatic rings. The van der Waals surface area contributed by atoms with Gasteiger partial charge in [-0.15, -0.1) is 10.2 Å². The molecule has 2 atom stereocenters. The van der Waals surface area contributed by atoms with Gasteiger partial charge in [-0.2, -0.15) is 5.21 Å². The van der Waals surface area contributed by atoms with Crippen LogP contribution in [0.5, 0.6) is 0 Å². The molecule has 0 fully saturated rings. The fourth-order valence-corrected chi connectivity index (χ4v) is 3.49. The van der Waals surface area contributed by atoms with Crippen molar-refractivity contribution in [2.45, 2.75) is 33.1 Å². The first-order chi connectivity index (χ1) is 12.4. The molecule has 8 nitrogen and oxygen atoms in total. The Bertz CT molecular complexity index is 777. The van der Waals surface area contributed by atoms with Crippen LogP contribution in [0, 0.1) is 11.3 Å². The van der Waals surface area contributed by atoms with Crippen molar-refractivity contribution in [3.63, 3.8) is 0 Å². The molecule has 3 heterocycles. The summed E-state index contributed by atoms with van der Waals surface area (Å²) in [4.78, 5) is 16.5. The topological polar surface area (TPSA) is 117 Å². The number of pyridine rings is 1. The highest BCUT2D eigenvalue weighted by Crippen LogP contribution is 2.38. The van der Waals surface area contributed by atoms with Crippen LogP contribution in [0.1, 0.15) is 43.8 Å². The normalized spacial score (nSPS) is 17.0. The number of nitrogens with zero attached hydrogens (tertiary/aromatic N) is 4. The van der Waals surface area contributed by atoms with Gasteiger partial charge in [0.2, 0.25) is 0 Å². The van der Waals surface area contributed by atoms with Gasteiger partial charge in [-0.1, -0.05) is 38.1 Å². The van der Waals surface area contributed by atoms with E-state index >= 15 is 0 Å². The first-order valence-electron chi connectivity index (χ1n) is 8.67. The van der Waals surface area contributed by atoms with E-state index in [9.17, 15) is 9.90 Å². The smallest absolute Gasteiger partial charge is 0.307 e. The molecule has 0 radical (unpaired) electrons. The number of carbonyl (C=O) groups is 1. The Morgan fingerprint density at radius 2 is 2.15 bits per heavy atom. The van der Waals surface area contributed by atoms with Crippen LogP contribution < -0.4 is 5.32 Å². The van der Waals surface area contributed by atoms with E-state index in [4.69, 9.17) is 0 Å². The number of H-pyrrole nitrogens is 1. The Morgan fingerprint density at radius 1 is 1.35 bits per heavy atom. The molecule has 0 saturated heterocycles. The summed E-state index contributed by atoms with van der Waals surface area (Å²) in [6, 6.07) is 3.98. The van der Waals surface area contributed by atoms with Crippen LogP contribution in [0.15, 0.2) is 24.4 Å². The number of tetrazole rings is 1. The summed E-state index contributed by atoms with van der Waals surface area (Å²) in [5.41, 5.74) is 2.63. The maximum Gasteiger partial charge on any atom is 0.307 e. The fourth-order valence-electron chi connectivity index (χ4n) is 3.49. The summed E-state index contributed by atoms with van der Waals surface area (Å²) in [7, 11) is 0. The molecular weight excluding hydrogens is 332 g/mol. The number of aromatic amines is 1. The molecule has 0 saturated carbocycles. The van der Waals surface area contributed by atoms with Gasteiger partial charge in [0.25, 0.3) is 0 Å². The van der Waals surface area contributed by atoms with Crippen LogP contribution in [0.25, 0.3) is 5.57 Å². The maximum atomic E-state index is 12.0. The van der Waals surface area contributed by atoms with Crippen molar-refractivity contribution >= 4 is 11.5 Å². The monoisotopic (exact) mass is 356 g/mol. The Kier molecular flexibility index (Phi) is 5.13. The highest BCUT2D eigenvalue weighted by Gasteiger charge is 2.41. The maximum absolute atomic E-state index is 12.0. The van der Waals surface area contributed by atoms with Gasteiger partial charge < -0.3 is 10.4 Å². The zero-order valence-electron chi connectivity index (χ0n) is 15.2. The van der Waals surface area contributed by atoms with Crippen molar-refractivity contribution in [2.75, 3.05) is 13.1 Å². The number of nitrogens with one attached hydrogen (secondary N) is 2. The Balaban J connectivity index is 1.87. The Hall–Kier alpha value is -2.61. The standard InChI is InChI=1S/C18H24N6O2/c1-18(2,3)15(17(25)26)13(16-21-23-24-22-16)8-11-4-5-14(20-9-11)12-6-7-19-10-12/h4-6,9,13,15,19H,7-8,10H2,1-3H3,(H,25,26)(H,21,22,23,24). The van der Waals surface area contributed by atoms with Crippen LogP contribution in [0.4, 0.5) is 0 Å². The molecule has 3 rings (SSSR count). The van der Waals surface area contributed by atoms with Gasteiger partial charge in [0, 0.05) is 25.2 Å². The van der Waals surface area contributed by atoms with Gasteiger partial charge in [-0.3, -0.25) is 9.78 Å². The van der Waals surface area contributed by atoms with Crippen LogP contribution in [0.2, 0.25) is 0 Å².